The fraction of sp³-hybridized carbons (Fsp3) is 0.692. The zero-order chi connectivity index (χ0) is 13.0. The first-order valence-electron chi connectivity index (χ1n) is 6.15. The van der Waals surface area contributed by atoms with Gasteiger partial charge in [0, 0.05) is 17.2 Å². The molecular formula is C13H21NO3. The van der Waals surface area contributed by atoms with Gasteiger partial charge >= 0.3 is 5.97 Å². The quantitative estimate of drug-likeness (QED) is 0.738. The Bertz CT molecular complexity index is 341. The van der Waals surface area contributed by atoms with Crippen LogP contribution in [-0.4, -0.2) is 23.0 Å². The van der Waals surface area contributed by atoms with Gasteiger partial charge < -0.3 is 10.4 Å². The van der Waals surface area contributed by atoms with Crippen molar-refractivity contribution in [3.8, 4) is 0 Å². The fourth-order valence-corrected chi connectivity index (χ4v) is 2.22. The van der Waals surface area contributed by atoms with Crippen LogP contribution in [0.15, 0.2) is 11.1 Å². The van der Waals surface area contributed by atoms with Crippen LogP contribution in [0.5, 0.6) is 0 Å². The number of carboxylic acid groups (broad SMARTS) is 1. The Kier molecular flexibility index (Phi) is 4.73. The molecule has 1 aliphatic rings. The molecule has 96 valence electrons. The minimum absolute atomic E-state index is 0.112. The number of carboxylic acids is 1. The van der Waals surface area contributed by atoms with E-state index in [-0.39, 0.29) is 17.5 Å². The van der Waals surface area contributed by atoms with Gasteiger partial charge in [-0.15, -0.1) is 0 Å². The Morgan fingerprint density at radius 3 is 2.18 bits per heavy atom. The number of amides is 1. The van der Waals surface area contributed by atoms with Crippen LogP contribution in [0, 0.1) is 5.92 Å². The van der Waals surface area contributed by atoms with Crippen molar-refractivity contribution in [3.05, 3.63) is 11.1 Å². The lowest BCUT2D eigenvalue weighted by Crippen LogP contribution is -2.38. The molecule has 2 N–H and O–H groups in total. The van der Waals surface area contributed by atoms with Gasteiger partial charge in [-0.25, -0.2) is 4.79 Å². The predicted molar refractivity (Wildman–Crippen MR) is 65.6 cm³/mol. The molecule has 0 aliphatic heterocycles. The molecule has 1 fully saturated rings. The number of carbonyl (C=O) groups excluding carboxylic acids is 1. The molecule has 1 atom stereocenters. The Morgan fingerprint density at radius 2 is 1.71 bits per heavy atom. The van der Waals surface area contributed by atoms with Gasteiger partial charge in [0.15, 0.2) is 0 Å². The molecule has 1 saturated carbocycles. The van der Waals surface area contributed by atoms with E-state index in [9.17, 15) is 9.59 Å². The molecule has 1 amide bonds. The van der Waals surface area contributed by atoms with Gasteiger partial charge in [0.1, 0.15) is 0 Å². The van der Waals surface area contributed by atoms with Gasteiger partial charge in [-0.1, -0.05) is 12.8 Å². The van der Waals surface area contributed by atoms with Crippen LogP contribution in [0.2, 0.25) is 0 Å². The lowest BCUT2D eigenvalue weighted by molar-refractivity contribution is -0.133. The maximum Gasteiger partial charge on any atom is 0.331 e. The molecule has 0 aromatic rings. The van der Waals surface area contributed by atoms with Gasteiger partial charge in [0.25, 0.3) is 0 Å². The summed E-state index contributed by atoms with van der Waals surface area (Å²) in [7, 11) is 0. The van der Waals surface area contributed by atoms with Crippen LogP contribution in [0.1, 0.15) is 46.5 Å². The van der Waals surface area contributed by atoms with Crippen LogP contribution in [-0.2, 0) is 9.59 Å². The normalized spacial score (nSPS) is 19.7. The lowest BCUT2D eigenvalue weighted by Gasteiger charge is -2.20. The van der Waals surface area contributed by atoms with E-state index in [0.717, 1.165) is 12.8 Å². The van der Waals surface area contributed by atoms with E-state index in [0.29, 0.717) is 11.5 Å². The van der Waals surface area contributed by atoms with Crippen molar-refractivity contribution >= 4 is 11.9 Å². The van der Waals surface area contributed by atoms with Crippen molar-refractivity contribution in [2.75, 3.05) is 0 Å². The van der Waals surface area contributed by atoms with Gasteiger partial charge in [-0.05, 0) is 39.5 Å². The van der Waals surface area contributed by atoms with E-state index in [1.165, 1.54) is 19.8 Å². The monoisotopic (exact) mass is 239 g/mol. The van der Waals surface area contributed by atoms with Crippen molar-refractivity contribution in [1.82, 2.24) is 5.32 Å². The van der Waals surface area contributed by atoms with Gasteiger partial charge in [-0.2, -0.15) is 0 Å². The molecule has 0 radical (unpaired) electrons. The summed E-state index contributed by atoms with van der Waals surface area (Å²) in [6.07, 6.45) is 4.77. The molecule has 1 rings (SSSR count). The Morgan fingerprint density at radius 1 is 1.18 bits per heavy atom. The SMILES string of the molecule is CC(C(=O)O)=C(C)C(=O)N[C@H](C)C1CCCC1. The summed E-state index contributed by atoms with van der Waals surface area (Å²) >= 11 is 0. The average Bonchev–Trinajstić information content (AvgIpc) is 2.80. The van der Waals surface area contributed by atoms with Crippen molar-refractivity contribution in [1.29, 1.82) is 0 Å². The van der Waals surface area contributed by atoms with E-state index in [2.05, 4.69) is 5.32 Å². The first kappa shape index (κ1) is 13.7. The van der Waals surface area contributed by atoms with Crippen molar-refractivity contribution in [3.63, 3.8) is 0 Å². The molecule has 0 bridgehead atoms. The molecule has 0 heterocycles. The van der Waals surface area contributed by atoms with Crippen LogP contribution in [0.25, 0.3) is 0 Å². The van der Waals surface area contributed by atoms with E-state index in [4.69, 9.17) is 5.11 Å². The largest absolute Gasteiger partial charge is 0.478 e. The second-order valence-electron chi connectivity index (χ2n) is 4.86. The fourth-order valence-electron chi connectivity index (χ4n) is 2.22. The number of hydrogen-bond acceptors (Lipinski definition) is 2. The summed E-state index contributed by atoms with van der Waals surface area (Å²) in [6, 6.07) is 0.126. The summed E-state index contributed by atoms with van der Waals surface area (Å²) in [5.41, 5.74) is 0.406. The Labute approximate surface area is 102 Å². The standard InChI is InChI=1S/C13H21NO3/c1-8(9(2)13(16)17)12(15)14-10(3)11-6-4-5-7-11/h10-11H,4-7H2,1-3H3,(H,14,15)(H,16,17)/t10-/m1/s1. The highest BCUT2D eigenvalue weighted by molar-refractivity contribution is 6.01. The number of carbonyl (C=O) groups is 2. The minimum Gasteiger partial charge on any atom is -0.478 e. The molecule has 0 aromatic carbocycles. The van der Waals surface area contributed by atoms with Gasteiger partial charge in [0.05, 0.1) is 0 Å². The molecule has 0 aromatic heterocycles. The zero-order valence-corrected chi connectivity index (χ0v) is 10.7. The topological polar surface area (TPSA) is 66.4 Å². The second-order valence-corrected chi connectivity index (χ2v) is 4.86. The van der Waals surface area contributed by atoms with Crippen molar-refractivity contribution in [2.24, 2.45) is 5.92 Å². The first-order chi connectivity index (χ1) is 7.93. The van der Waals surface area contributed by atoms with Crippen LogP contribution >= 0.6 is 0 Å². The summed E-state index contributed by atoms with van der Waals surface area (Å²) in [5, 5.41) is 11.7. The van der Waals surface area contributed by atoms with E-state index >= 15 is 0 Å². The average molecular weight is 239 g/mol. The van der Waals surface area contributed by atoms with Crippen molar-refractivity contribution < 1.29 is 14.7 Å². The third-order valence-corrected chi connectivity index (χ3v) is 3.69. The smallest absolute Gasteiger partial charge is 0.331 e. The lowest BCUT2D eigenvalue weighted by atomic mass is 9.99. The minimum atomic E-state index is -1.04. The van der Waals surface area contributed by atoms with Gasteiger partial charge in [-0.3, -0.25) is 4.79 Å². The zero-order valence-electron chi connectivity index (χ0n) is 10.7. The van der Waals surface area contributed by atoms with Crippen LogP contribution in [0.4, 0.5) is 0 Å². The third-order valence-electron chi connectivity index (χ3n) is 3.69. The summed E-state index contributed by atoms with van der Waals surface area (Å²) in [6.45, 7) is 5.01. The first-order valence-corrected chi connectivity index (χ1v) is 6.15. The Balaban J connectivity index is 2.59. The maximum atomic E-state index is 11.8. The summed E-state index contributed by atoms with van der Waals surface area (Å²) in [4.78, 5) is 22.6. The molecule has 17 heavy (non-hydrogen) atoms. The molecule has 1 aliphatic carbocycles. The molecule has 0 saturated heterocycles. The number of hydrogen-bond donors (Lipinski definition) is 2. The maximum absolute atomic E-state index is 11.8. The summed E-state index contributed by atoms with van der Waals surface area (Å²) < 4.78 is 0. The Hall–Kier alpha value is -1.32. The van der Waals surface area contributed by atoms with Crippen molar-refractivity contribution in [2.45, 2.75) is 52.5 Å². The molecule has 0 unspecified atom stereocenters. The third kappa shape index (κ3) is 3.58. The molecule has 4 nitrogen and oxygen atoms in total. The summed E-state index contributed by atoms with van der Waals surface area (Å²) in [5.74, 6) is -0.757. The van der Waals surface area contributed by atoms with Crippen LogP contribution < -0.4 is 5.32 Å². The van der Waals surface area contributed by atoms with E-state index < -0.39 is 5.97 Å². The number of nitrogens with one attached hydrogen (secondary N) is 1. The van der Waals surface area contributed by atoms with E-state index in [1.807, 2.05) is 6.92 Å². The van der Waals surface area contributed by atoms with Gasteiger partial charge in [0.2, 0.25) is 5.91 Å². The van der Waals surface area contributed by atoms with E-state index in [1.54, 1.807) is 6.92 Å². The highest BCUT2D eigenvalue weighted by Gasteiger charge is 2.23. The molecule has 4 heteroatoms. The highest BCUT2D eigenvalue weighted by Crippen LogP contribution is 2.27. The molecular weight excluding hydrogens is 218 g/mol. The van der Waals surface area contributed by atoms with Crippen LogP contribution in [0.3, 0.4) is 0 Å². The highest BCUT2D eigenvalue weighted by atomic mass is 16.4. The number of rotatable bonds is 4. The second kappa shape index (κ2) is 5.84. The number of aliphatic carboxylic acids is 1. The predicted octanol–water partition coefficient (Wildman–Crippen LogP) is 2.10. The molecule has 0 spiro atoms.